The Balaban J connectivity index is 3.04. The Kier molecular flexibility index (Phi) is 3.25. The van der Waals surface area contributed by atoms with Gasteiger partial charge in [0.2, 0.25) is 0 Å². The van der Waals surface area contributed by atoms with Crippen LogP contribution in [0.15, 0.2) is 23.1 Å². The third-order valence-electron chi connectivity index (χ3n) is 1.99. The minimum Gasteiger partial charge on any atom is -0.330 e. The van der Waals surface area contributed by atoms with Gasteiger partial charge < -0.3 is 10.3 Å². The first-order valence-corrected chi connectivity index (χ1v) is 4.56. The molecule has 0 bridgehead atoms. The second-order valence-corrected chi connectivity index (χ2v) is 3.42. The molecule has 2 N–H and O–H groups in total. The van der Waals surface area contributed by atoms with Crippen molar-refractivity contribution in [2.24, 2.45) is 5.73 Å². The molecule has 0 radical (unpaired) electrons. The summed E-state index contributed by atoms with van der Waals surface area (Å²) in [4.78, 5) is 11.3. The summed E-state index contributed by atoms with van der Waals surface area (Å²) in [5.41, 5.74) is 6.61. The molecule has 0 unspecified atom stereocenters. The maximum Gasteiger partial charge on any atom is 0.250 e. The Labute approximate surface area is 78.2 Å². The second-order valence-electron chi connectivity index (χ2n) is 3.42. The summed E-state index contributed by atoms with van der Waals surface area (Å²) in [5.74, 6) is 0. The van der Waals surface area contributed by atoms with Crippen LogP contribution in [0.1, 0.15) is 25.5 Å². The molecular formula is C10H16N2O. The molecular weight excluding hydrogens is 164 g/mol. The van der Waals surface area contributed by atoms with Crippen LogP contribution >= 0.6 is 0 Å². The van der Waals surface area contributed by atoms with Crippen LogP contribution < -0.4 is 11.3 Å². The van der Waals surface area contributed by atoms with Crippen LogP contribution in [0.4, 0.5) is 0 Å². The van der Waals surface area contributed by atoms with Crippen molar-refractivity contribution in [1.82, 2.24) is 4.57 Å². The number of pyridine rings is 1. The summed E-state index contributed by atoms with van der Waals surface area (Å²) >= 11 is 0. The van der Waals surface area contributed by atoms with Gasteiger partial charge in [-0.2, -0.15) is 0 Å². The summed E-state index contributed by atoms with van der Waals surface area (Å²) < 4.78 is 1.73. The minimum atomic E-state index is 0.0516. The number of aromatic nitrogens is 1. The highest BCUT2D eigenvalue weighted by Gasteiger charge is 2.00. The molecule has 0 aliphatic carbocycles. The van der Waals surface area contributed by atoms with E-state index in [1.807, 2.05) is 26.1 Å². The molecule has 0 amide bonds. The van der Waals surface area contributed by atoms with Crippen molar-refractivity contribution in [2.45, 2.75) is 26.3 Å². The van der Waals surface area contributed by atoms with E-state index in [-0.39, 0.29) is 11.6 Å². The Morgan fingerprint density at radius 1 is 1.46 bits per heavy atom. The van der Waals surface area contributed by atoms with Gasteiger partial charge in [-0.3, -0.25) is 4.79 Å². The van der Waals surface area contributed by atoms with Gasteiger partial charge in [-0.25, -0.2) is 0 Å². The highest BCUT2D eigenvalue weighted by molar-refractivity contribution is 5.10. The van der Waals surface area contributed by atoms with Gasteiger partial charge in [-0.15, -0.1) is 0 Å². The largest absolute Gasteiger partial charge is 0.330 e. The lowest BCUT2D eigenvalue weighted by molar-refractivity contribution is 0.574. The standard InChI is InChI=1S/C10H16N2O/c1-8(2)12-7-9(5-6-11)3-4-10(12)13/h3-4,7-8H,5-6,11H2,1-2H3. The predicted octanol–water partition coefficient (Wildman–Crippen LogP) is 0.930. The van der Waals surface area contributed by atoms with Gasteiger partial charge >= 0.3 is 0 Å². The maximum absolute atomic E-state index is 11.3. The summed E-state index contributed by atoms with van der Waals surface area (Å²) in [6, 6.07) is 3.66. The molecule has 0 fully saturated rings. The molecule has 1 heterocycles. The molecule has 1 rings (SSSR count). The second kappa shape index (κ2) is 4.23. The van der Waals surface area contributed by atoms with E-state index in [9.17, 15) is 4.79 Å². The van der Waals surface area contributed by atoms with Crippen LogP contribution in [-0.4, -0.2) is 11.1 Å². The zero-order valence-corrected chi connectivity index (χ0v) is 8.16. The number of rotatable bonds is 3. The molecule has 1 aromatic heterocycles. The Morgan fingerprint density at radius 3 is 2.69 bits per heavy atom. The van der Waals surface area contributed by atoms with E-state index in [2.05, 4.69) is 0 Å². The van der Waals surface area contributed by atoms with Crippen molar-refractivity contribution < 1.29 is 0 Å². The van der Waals surface area contributed by atoms with E-state index in [0.29, 0.717) is 6.54 Å². The Hall–Kier alpha value is -1.09. The van der Waals surface area contributed by atoms with Crippen molar-refractivity contribution in [3.05, 3.63) is 34.2 Å². The van der Waals surface area contributed by atoms with Crippen molar-refractivity contribution >= 4 is 0 Å². The van der Waals surface area contributed by atoms with Gasteiger partial charge in [0.1, 0.15) is 0 Å². The molecule has 0 spiro atoms. The topological polar surface area (TPSA) is 48.0 Å². The lowest BCUT2D eigenvalue weighted by atomic mass is 10.2. The fourth-order valence-electron chi connectivity index (χ4n) is 1.27. The molecule has 0 aromatic carbocycles. The SMILES string of the molecule is CC(C)n1cc(CCN)ccc1=O. The van der Waals surface area contributed by atoms with Crippen molar-refractivity contribution in [1.29, 1.82) is 0 Å². The first kappa shape index (κ1) is 9.99. The zero-order chi connectivity index (χ0) is 9.84. The van der Waals surface area contributed by atoms with Gasteiger partial charge in [-0.05, 0) is 32.4 Å². The lowest BCUT2D eigenvalue weighted by Crippen LogP contribution is -2.21. The molecule has 0 saturated heterocycles. The first-order valence-electron chi connectivity index (χ1n) is 4.56. The molecule has 0 atom stereocenters. The molecule has 0 saturated carbocycles. The van der Waals surface area contributed by atoms with Crippen LogP contribution in [0.5, 0.6) is 0 Å². The third-order valence-corrected chi connectivity index (χ3v) is 1.99. The highest BCUT2D eigenvalue weighted by Crippen LogP contribution is 2.02. The average Bonchev–Trinajstić information content (AvgIpc) is 2.08. The van der Waals surface area contributed by atoms with Crippen molar-refractivity contribution in [3.8, 4) is 0 Å². The summed E-state index contributed by atoms with van der Waals surface area (Å²) in [7, 11) is 0. The van der Waals surface area contributed by atoms with Gasteiger partial charge in [0.15, 0.2) is 0 Å². The lowest BCUT2D eigenvalue weighted by Gasteiger charge is -2.10. The fraction of sp³-hybridized carbons (Fsp3) is 0.500. The number of hydrogen-bond acceptors (Lipinski definition) is 2. The Bertz CT molecular complexity index is 328. The number of nitrogens with two attached hydrogens (primary N) is 1. The van der Waals surface area contributed by atoms with Gasteiger partial charge in [0.05, 0.1) is 0 Å². The molecule has 0 aliphatic heterocycles. The molecule has 72 valence electrons. The first-order chi connectivity index (χ1) is 6.15. The predicted molar refractivity (Wildman–Crippen MR) is 53.8 cm³/mol. The Morgan fingerprint density at radius 2 is 2.15 bits per heavy atom. The van der Waals surface area contributed by atoms with E-state index in [0.717, 1.165) is 12.0 Å². The quantitative estimate of drug-likeness (QED) is 0.752. The highest BCUT2D eigenvalue weighted by atomic mass is 16.1. The fourth-order valence-corrected chi connectivity index (χ4v) is 1.27. The van der Waals surface area contributed by atoms with E-state index < -0.39 is 0 Å². The van der Waals surface area contributed by atoms with Gasteiger partial charge in [0, 0.05) is 18.3 Å². The van der Waals surface area contributed by atoms with E-state index in [1.54, 1.807) is 10.6 Å². The molecule has 3 heteroatoms. The maximum atomic E-state index is 11.3. The molecule has 13 heavy (non-hydrogen) atoms. The smallest absolute Gasteiger partial charge is 0.250 e. The van der Waals surface area contributed by atoms with E-state index >= 15 is 0 Å². The van der Waals surface area contributed by atoms with Crippen LogP contribution in [0.2, 0.25) is 0 Å². The van der Waals surface area contributed by atoms with Crippen molar-refractivity contribution in [2.75, 3.05) is 6.54 Å². The molecule has 0 aliphatic rings. The summed E-state index contributed by atoms with van der Waals surface area (Å²) in [5, 5.41) is 0. The third kappa shape index (κ3) is 2.42. The molecule has 1 aromatic rings. The van der Waals surface area contributed by atoms with Gasteiger partial charge in [0.25, 0.3) is 5.56 Å². The van der Waals surface area contributed by atoms with Crippen molar-refractivity contribution in [3.63, 3.8) is 0 Å². The number of nitrogens with zero attached hydrogens (tertiary/aromatic N) is 1. The summed E-state index contributed by atoms with van der Waals surface area (Å²) in [6.45, 7) is 4.61. The summed E-state index contributed by atoms with van der Waals surface area (Å²) in [6.07, 6.45) is 2.72. The van der Waals surface area contributed by atoms with Crippen LogP contribution in [0.3, 0.4) is 0 Å². The number of hydrogen-bond donors (Lipinski definition) is 1. The zero-order valence-electron chi connectivity index (χ0n) is 8.16. The monoisotopic (exact) mass is 180 g/mol. The van der Waals surface area contributed by atoms with Crippen LogP contribution in [0, 0.1) is 0 Å². The van der Waals surface area contributed by atoms with E-state index in [1.165, 1.54) is 0 Å². The normalized spacial score (nSPS) is 10.8. The van der Waals surface area contributed by atoms with Crippen LogP contribution in [0.25, 0.3) is 0 Å². The van der Waals surface area contributed by atoms with Crippen LogP contribution in [-0.2, 0) is 6.42 Å². The molecule has 3 nitrogen and oxygen atoms in total. The average molecular weight is 180 g/mol. The van der Waals surface area contributed by atoms with E-state index in [4.69, 9.17) is 5.73 Å². The van der Waals surface area contributed by atoms with Gasteiger partial charge in [-0.1, -0.05) is 6.07 Å². The minimum absolute atomic E-state index is 0.0516.